The summed E-state index contributed by atoms with van der Waals surface area (Å²) in [5.41, 5.74) is -0.245. The molecule has 0 radical (unpaired) electrons. The third-order valence-electron chi connectivity index (χ3n) is 4.79. The van der Waals surface area contributed by atoms with Gasteiger partial charge in [0, 0.05) is 38.5 Å². The number of amides is 1. The molecule has 1 saturated heterocycles. The van der Waals surface area contributed by atoms with Gasteiger partial charge in [-0.3, -0.25) is 4.79 Å². The summed E-state index contributed by atoms with van der Waals surface area (Å²) in [6.45, 7) is 4.42. The van der Waals surface area contributed by atoms with Gasteiger partial charge in [0.1, 0.15) is 11.6 Å². The standard InChI is InChI=1S/C19H24F2N4O4S/c1-12(2)8-18-22-17(23-29-18)6-7-25(30(3,27)28)14-10-24(11-14)19(26)15-5-4-13(20)9-16(15)21/h4-5,9,12,14H,6-8,10-11H2,1-3H3. The van der Waals surface area contributed by atoms with Crippen LogP contribution in [0, 0.1) is 17.6 Å². The average molecular weight is 442 g/mol. The lowest BCUT2D eigenvalue weighted by Crippen LogP contribution is -2.62. The number of carbonyl (C=O) groups excluding carboxylic acids is 1. The molecule has 0 atom stereocenters. The molecule has 1 aliphatic rings. The van der Waals surface area contributed by atoms with E-state index in [2.05, 4.69) is 10.1 Å². The van der Waals surface area contributed by atoms with Gasteiger partial charge in [-0.25, -0.2) is 17.2 Å². The number of sulfonamides is 1. The van der Waals surface area contributed by atoms with E-state index >= 15 is 0 Å². The zero-order chi connectivity index (χ0) is 22.1. The van der Waals surface area contributed by atoms with E-state index in [1.54, 1.807) is 0 Å². The molecule has 0 spiro atoms. The Morgan fingerprint density at radius 1 is 1.33 bits per heavy atom. The number of hydrogen-bond acceptors (Lipinski definition) is 6. The number of nitrogens with zero attached hydrogens (tertiary/aromatic N) is 4. The fourth-order valence-corrected chi connectivity index (χ4v) is 4.39. The van der Waals surface area contributed by atoms with Crippen molar-refractivity contribution in [2.75, 3.05) is 25.9 Å². The summed E-state index contributed by atoms with van der Waals surface area (Å²) in [4.78, 5) is 18.0. The fraction of sp³-hybridized carbons (Fsp3) is 0.526. The maximum Gasteiger partial charge on any atom is 0.256 e. The molecule has 1 aromatic heterocycles. The quantitative estimate of drug-likeness (QED) is 0.619. The van der Waals surface area contributed by atoms with Crippen molar-refractivity contribution in [1.82, 2.24) is 19.3 Å². The minimum Gasteiger partial charge on any atom is -0.339 e. The Kier molecular flexibility index (Phi) is 6.51. The minimum absolute atomic E-state index is 0.119. The van der Waals surface area contributed by atoms with Gasteiger partial charge < -0.3 is 9.42 Å². The van der Waals surface area contributed by atoms with Gasteiger partial charge in [0.2, 0.25) is 15.9 Å². The van der Waals surface area contributed by atoms with Crippen molar-refractivity contribution in [2.24, 2.45) is 5.92 Å². The molecule has 2 heterocycles. The molecule has 0 saturated carbocycles. The van der Waals surface area contributed by atoms with Crippen molar-refractivity contribution in [1.29, 1.82) is 0 Å². The molecule has 0 aliphatic carbocycles. The lowest BCUT2D eigenvalue weighted by Gasteiger charge is -2.44. The normalized spacial score (nSPS) is 15.1. The van der Waals surface area contributed by atoms with E-state index in [1.807, 2.05) is 13.8 Å². The highest BCUT2D eigenvalue weighted by Crippen LogP contribution is 2.22. The van der Waals surface area contributed by atoms with Crippen molar-refractivity contribution in [2.45, 2.75) is 32.7 Å². The van der Waals surface area contributed by atoms with Crippen LogP contribution in [0.25, 0.3) is 0 Å². The lowest BCUT2D eigenvalue weighted by atomic mass is 10.1. The summed E-state index contributed by atoms with van der Waals surface area (Å²) < 4.78 is 57.8. The monoisotopic (exact) mass is 442 g/mol. The third-order valence-corrected chi connectivity index (χ3v) is 6.13. The van der Waals surface area contributed by atoms with Gasteiger partial charge in [0.15, 0.2) is 5.82 Å². The van der Waals surface area contributed by atoms with Gasteiger partial charge in [-0.2, -0.15) is 9.29 Å². The number of halogens is 2. The molecule has 0 bridgehead atoms. The van der Waals surface area contributed by atoms with Gasteiger partial charge in [0.25, 0.3) is 5.91 Å². The molecule has 30 heavy (non-hydrogen) atoms. The topological polar surface area (TPSA) is 96.6 Å². The van der Waals surface area contributed by atoms with Crippen molar-refractivity contribution in [3.63, 3.8) is 0 Å². The van der Waals surface area contributed by atoms with Crippen LogP contribution >= 0.6 is 0 Å². The van der Waals surface area contributed by atoms with Crippen LogP contribution < -0.4 is 0 Å². The number of rotatable bonds is 8. The summed E-state index contributed by atoms with van der Waals surface area (Å²) in [5.74, 6) is -1.04. The van der Waals surface area contributed by atoms with Crippen LogP contribution in [0.2, 0.25) is 0 Å². The molecular weight excluding hydrogens is 418 g/mol. The van der Waals surface area contributed by atoms with E-state index in [0.717, 1.165) is 18.4 Å². The SMILES string of the molecule is CC(C)Cc1nc(CCN(C2CN(C(=O)c3ccc(F)cc3F)C2)S(C)(=O)=O)no1. The second-order valence-electron chi connectivity index (χ2n) is 7.81. The summed E-state index contributed by atoms with van der Waals surface area (Å²) in [7, 11) is -3.55. The zero-order valence-corrected chi connectivity index (χ0v) is 17.8. The average Bonchev–Trinajstić information content (AvgIpc) is 3.01. The number of benzene rings is 1. The van der Waals surface area contributed by atoms with E-state index in [4.69, 9.17) is 4.52 Å². The molecule has 0 unspecified atom stereocenters. The fourth-order valence-electron chi connectivity index (χ4n) is 3.29. The van der Waals surface area contributed by atoms with Crippen LogP contribution in [-0.4, -0.2) is 65.6 Å². The van der Waals surface area contributed by atoms with Crippen LogP contribution in [0.5, 0.6) is 0 Å². The predicted molar refractivity (Wildman–Crippen MR) is 104 cm³/mol. The minimum atomic E-state index is -3.55. The lowest BCUT2D eigenvalue weighted by molar-refractivity contribution is 0.0449. The first kappa shape index (κ1) is 22.3. The second kappa shape index (κ2) is 8.76. The van der Waals surface area contributed by atoms with Crippen LogP contribution in [0.15, 0.2) is 22.7 Å². The van der Waals surface area contributed by atoms with Crippen LogP contribution in [0.1, 0.15) is 35.9 Å². The predicted octanol–water partition coefficient (Wildman–Crippen LogP) is 1.88. The first-order chi connectivity index (χ1) is 14.0. The summed E-state index contributed by atoms with van der Waals surface area (Å²) in [6, 6.07) is 2.30. The number of likely N-dealkylation sites (tertiary alicyclic amines) is 1. The number of aromatic nitrogens is 2. The van der Waals surface area contributed by atoms with Gasteiger partial charge in [-0.15, -0.1) is 0 Å². The number of carbonyl (C=O) groups is 1. The molecular formula is C19H24F2N4O4S. The molecule has 1 fully saturated rings. The molecule has 1 aromatic carbocycles. The second-order valence-corrected chi connectivity index (χ2v) is 9.75. The highest BCUT2D eigenvalue weighted by Gasteiger charge is 2.39. The van der Waals surface area contributed by atoms with Crippen LogP contribution in [-0.2, 0) is 22.9 Å². The Balaban J connectivity index is 1.61. The van der Waals surface area contributed by atoms with E-state index in [1.165, 1.54) is 9.21 Å². The number of hydrogen-bond donors (Lipinski definition) is 0. The summed E-state index contributed by atoms with van der Waals surface area (Å²) >= 11 is 0. The Bertz CT molecular complexity index is 1020. The van der Waals surface area contributed by atoms with Crippen LogP contribution in [0.4, 0.5) is 8.78 Å². The Labute approximate surface area is 173 Å². The Morgan fingerprint density at radius 2 is 2.03 bits per heavy atom. The first-order valence-corrected chi connectivity index (χ1v) is 11.4. The smallest absolute Gasteiger partial charge is 0.256 e. The highest BCUT2D eigenvalue weighted by molar-refractivity contribution is 7.88. The zero-order valence-electron chi connectivity index (χ0n) is 17.0. The molecule has 11 heteroatoms. The Hall–Kier alpha value is -2.40. The third kappa shape index (κ3) is 5.20. The molecule has 2 aromatic rings. The van der Waals surface area contributed by atoms with Gasteiger partial charge >= 0.3 is 0 Å². The maximum atomic E-state index is 13.8. The van der Waals surface area contributed by atoms with Gasteiger partial charge in [-0.05, 0) is 18.1 Å². The van der Waals surface area contributed by atoms with E-state index in [-0.39, 0.29) is 31.6 Å². The highest BCUT2D eigenvalue weighted by atomic mass is 32.2. The van der Waals surface area contributed by atoms with E-state index in [0.29, 0.717) is 30.1 Å². The van der Waals surface area contributed by atoms with Gasteiger partial charge in [-0.1, -0.05) is 19.0 Å². The van der Waals surface area contributed by atoms with Crippen molar-refractivity contribution in [3.8, 4) is 0 Å². The summed E-state index contributed by atoms with van der Waals surface area (Å²) in [5, 5.41) is 3.88. The maximum absolute atomic E-state index is 13.8. The molecule has 1 aliphatic heterocycles. The van der Waals surface area contributed by atoms with E-state index < -0.39 is 33.6 Å². The summed E-state index contributed by atoms with van der Waals surface area (Å²) in [6.07, 6.45) is 2.01. The molecule has 3 rings (SSSR count). The molecule has 164 valence electrons. The van der Waals surface area contributed by atoms with E-state index in [9.17, 15) is 22.0 Å². The first-order valence-electron chi connectivity index (χ1n) is 9.57. The Morgan fingerprint density at radius 3 is 2.63 bits per heavy atom. The van der Waals surface area contributed by atoms with Crippen molar-refractivity contribution >= 4 is 15.9 Å². The molecule has 8 nitrogen and oxygen atoms in total. The molecule has 1 amide bonds. The van der Waals surface area contributed by atoms with Crippen LogP contribution in [0.3, 0.4) is 0 Å². The largest absolute Gasteiger partial charge is 0.339 e. The molecule has 0 N–H and O–H groups in total. The van der Waals surface area contributed by atoms with Gasteiger partial charge in [0.05, 0.1) is 17.9 Å². The van der Waals surface area contributed by atoms with Crippen molar-refractivity contribution < 1.29 is 26.5 Å². The van der Waals surface area contributed by atoms with Crippen molar-refractivity contribution in [3.05, 3.63) is 47.1 Å².